The molecule has 0 bridgehead atoms. The fourth-order valence-corrected chi connectivity index (χ4v) is 3.49. The molecule has 1 aromatic rings. The van der Waals surface area contributed by atoms with Crippen LogP contribution >= 0.6 is 0 Å². The van der Waals surface area contributed by atoms with Crippen molar-refractivity contribution in [2.24, 2.45) is 5.92 Å². The number of nitrogens with one attached hydrogen (secondary N) is 1. The first-order valence-corrected chi connectivity index (χ1v) is 7.49. The predicted molar refractivity (Wildman–Crippen MR) is 75.3 cm³/mol. The number of nitrogens with zero attached hydrogens (tertiary/aromatic N) is 2. The second-order valence-corrected chi connectivity index (χ2v) is 5.77. The van der Waals surface area contributed by atoms with Crippen molar-refractivity contribution >= 4 is 0 Å². The maximum atomic E-state index is 6.12. The van der Waals surface area contributed by atoms with Gasteiger partial charge in [-0.25, -0.2) is 9.97 Å². The van der Waals surface area contributed by atoms with E-state index in [1.807, 2.05) is 25.5 Å². The van der Waals surface area contributed by atoms with Gasteiger partial charge in [0.2, 0.25) is 0 Å². The van der Waals surface area contributed by atoms with E-state index in [0.717, 1.165) is 51.3 Å². The van der Waals surface area contributed by atoms with E-state index in [2.05, 4.69) is 15.3 Å². The van der Waals surface area contributed by atoms with E-state index in [1.165, 1.54) is 0 Å². The normalized spacial score (nSPS) is 27.4. The molecular formula is C15H23N3O2. The number of rotatable bonds is 3. The molecule has 2 saturated heterocycles. The highest BCUT2D eigenvalue weighted by molar-refractivity contribution is 5.01. The summed E-state index contributed by atoms with van der Waals surface area (Å²) in [6.07, 6.45) is 7.78. The molecule has 5 nitrogen and oxygen atoms in total. The zero-order chi connectivity index (χ0) is 13.8. The first-order chi connectivity index (χ1) is 9.83. The van der Waals surface area contributed by atoms with Crippen LogP contribution in [0.25, 0.3) is 0 Å². The van der Waals surface area contributed by atoms with Gasteiger partial charge in [0.1, 0.15) is 5.82 Å². The zero-order valence-electron chi connectivity index (χ0n) is 12.0. The Morgan fingerprint density at radius 3 is 2.70 bits per heavy atom. The monoisotopic (exact) mass is 277 g/mol. The van der Waals surface area contributed by atoms with Crippen molar-refractivity contribution in [3.63, 3.8) is 0 Å². The van der Waals surface area contributed by atoms with Crippen molar-refractivity contribution in [1.82, 2.24) is 15.3 Å². The summed E-state index contributed by atoms with van der Waals surface area (Å²) in [5.74, 6) is 1.42. The molecule has 0 aromatic carbocycles. The Hall–Kier alpha value is -1.04. The first-order valence-electron chi connectivity index (χ1n) is 7.49. The molecule has 1 spiro atoms. The van der Waals surface area contributed by atoms with E-state index in [1.54, 1.807) is 0 Å². The molecule has 2 fully saturated rings. The minimum absolute atomic E-state index is 0.0189. The molecule has 1 aromatic heterocycles. The molecule has 0 aliphatic carbocycles. The Balaban J connectivity index is 1.75. The fourth-order valence-electron chi connectivity index (χ4n) is 3.49. The summed E-state index contributed by atoms with van der Waals surface area (Å²) in [5, 5.41) is 3.40. The lowest BCUT2D eigenvalue weighted by Crippen LogP contribution is -2.46. The SMILES string of the molecule is CNC(c1ncccn1)C1CCOC2(CCOCC2)C1. The van der Waals surface area contributed by atoms with Crippen LogP contribution in [0.15, 0.2) is 18.5 Å². The molecule has 20 heavy (non-hydrogen) atoms. The average Bonchev–Trinajstić information content (AvgIpc) is 2.50. The highest BCUT2D eigenvalue weighted by Gasteiger charge is 2.41. The summed E-state index contributed by atoms with van der Waals surface area (Å²) in [7, 11) is 1.99. The lowest BCUT2D eigenvalue weighted by molar-refractivity contribution is -0.150. The largest absolute Gasteiger partial charge is 0.381 e. The maximum absolute atomic E-state index is 6.12. The van der Waals surface area contributed by atoms with Gasteiger partial charge in [-0.1, -0.05) is 0 Å². The molecule has 2 aliphatic heterocycles. The molecule has 2 aliphatic rings. The van der Waals surface area contributed by atoms with Gasteiger partial charge < -0.3 is 14.8 Å². The van der Waals surface area contributed by atoms with E-state index in [-0.39, 0.29) is 11.6 Å². The third-order valence-electron chi connectivity index (χ3n) is 4.58. The van der Waals surface area contributed by atoms with E-state index in [4.69, 9.17) is 9.47 Å². The van der Waals surface area contributed by atoms with E-state index in [9.17, 15) is 0 Å². The Bertz CT molecular complexity index is 415. The number of aromatic nitrogens is 2. The van der Waals surface area contributed by atoms with Crippen LogP contribution in [-0.2, 0) is 9.47 Å². The van der Waals surface area contributed by atoms with Gasteiger partial charge >= 0.3 is 0 Å². The van der Waals surface area contributed by atoms with E-state index in [0.29, 0.717) is 5.92 Å². The van der Waals surface area contributed by atoms with Crippen molar-refractivity contribution < 1.29 is 9.47 Å². The second kappa shape index (κ2) is 6.16. The minimum atomic E-state index is 0.0189. The van der Waals surface area contributed by atoms with Gasteiger partial charge in [-0.2, -0.15) is 0 Å². The highest BCUT2D eigenvalue weighted by Crippen LogP contribution is 2.41. The molecule has 110 valence electrons. The minimum Gasteiger partial charge on any atom is -0.381 e. The first kappa shape index (κ1) is 13.9. The molecular weight excluding hydrogens is 254 g/mol. The van der Waals surface area contributed by atoms with Crippen molar-refractivity contribution in [3.05, 3.63) is 24.3 Å². The van der Waals surface area contributed by atoms with Crippen LogP contribution in [0, 0.1) is 5.92 Å². The summed E-state index contributed by atoms with van der Waals surface area (Å²) in [4.78, 5) is 8.84. The Morgan fingerprint density at radius 2 is 2.00 bits per heavy atom. The van der Waals surface area contributed by atoms with Crippen molar-refractivity contribution in [2.75, 3.05) is 26.9 Å². The number of hydrogen-bond acceptors (Lipinski definition) is 5. The second-order valence-electron chi connectivity index (χ2n) is 5.77. The van der Waals surface area contributed by atoms with Crippen molar-refractivity contribution in [3.8, 4) is 0 Å². The molecule has 0 saturated carbocycles. The van der Waals surface area contributed by atoms with Gasteiger partial charge in [-0.05, 0) is 44.7 Å². The highest BCUT2D eigenvalue weighted by atomic mass is 16.5. The van der Waals surface area contributed by atoms with Crippen LogP contribution in [0.4, 0.5) is 0 Å². The molecule has 0 radical (unpaired) electrons. The summed E-state index contributed by atoms with van der Waals surface area (Å²) in [6, 6.07) is 2.07. The van der Waals surface area contributed by atoms with Crippen LogP contribution < -0.4 is 5.32 Å². The van der Waals surface area contributed by atoms with Gasteiger partial charge in [0.25, 0.3) is 0 Å². The summed E-state index contributed by atoms with van der Waals surface area (Å²) < 4.78 is 11.6. The molecule has 2 atom stereocenters. The lowest BCUT2D eigenvalue weighted by atomic mass is 9.77. The summed E-state index contributed by atoms with van der Waals surface area (Å²) in [6.45, 7) is 2.47. The maximum Gasteiger partial charge on any atom is 0.145 e. The molecule has 1 N–H and O–H groups in total. The van der Waals surface area contributed by atoms with Gasteiger partial charge in [0, 0.05) is 32.2 Å². The number of ether oxygens (including phenoxy) is 2. The Labute approximate surface area is 120 Å². The Kier molecular flexibility index (Phi) is 4.29. The molecule has 3 heterocycles. The average molecular weight is 277 g/mol. The number of hydrogen-bond donors (Lipinski definition) is 1. The van der Waals surface area contributed by atoms with Crippen LogP contribution in [0.3, 0.4) is 0 Å². The fraction of sp³-hybridized carbons (Fsp3) is 0.733. The molecule has 3 rings (SSSR count). The van der Waals surface area contributed by atoms with Gasteiger partial charge in [-0.3, -0.25) is 0 Å². The Morgan fingerprint density at radius 1 is 1.25 bits per heavy atom. The third kappa shape index (κ3) is 2.85. The molecule has 2 unspecified atom stereocenters. The topological polar surface area (TPSA) is 56.3 Å². The van der Waals surface area contributed by atoms with Crippen LogP contribution in [0.2, 0.25) is 0 Å². The van der Waals surface area contributed by atoms with Gasteiger partial charge in [0.15, 0.2) is 0 Å². The predicted octanol–water partition coefficient (Wildman–Crippen LogP) is 1.71. The van der Waals surface area contributed by atoms with Crippen LogP contribution in [0.1, 0.15) is 37.5 Å². The summed E-state index contributed by atoms with van der Waals surface area (Å²) >= 11 is 0. The van der Waals surface area contributed by atoms with Crippen LogP contribution in [0.5, 0.6) is 0 Å². The standard InChI is InChI=1S/C15H23N3O2/c1-16-13(14-17-6-2-7-18-14)12-3-8-20-15(11-12)4-9-19-10-5-15/h2,6-7,12-13,16H,3-5,8-11H2,1H3. The summed E-state index contributed by atoms with van der Waals surface area (Å²) in [5.41, 5.74) is 0.0189. The van der Waals surface area contributed by atoms with Gasteiger partial charge in [-0.15, -0.1) is 0 Å². The molecule has 5 heteroatoms. The third-order valence-corrected chi connectivity index (χ3v) is 4.58. The van der Waals surface area contributed by atoms with E-state index < -0.39 is 0 Å². The van der Waals surface area contributed by atoms with Crippen molar-refractivity contribution in [1.29, 1.82) is 0 Å². The zero-order valence-corrected chi connectivity index (χ0v) is 12.0. The smallest absolute Gasteiger partial charge is 0.145 e. The van der Waals surface area contributed by atoms with Crippen LogP contribution in [-0.4, -0.2) is 42.4 Å². The van der Waals surface area contributed by atoms with E-state index >= 15 is 0 Å². The van der Waals surface area contributed by atoms with Crippen molar-refractivity contribution in [2.45, 2.75) is 37.3 Å². The van der Waals surface area contributed by atoms with Gasteiger partial charge in [0.05, 0.1) is 11.6 Å². The molecule has 0 amide bonds. The quantitative estimate of drug-likeness (QED) is 0.911. The lowest BCUT2D eigenvalue weighted by Gasteiger charge is -2.45.